The van der Waals surface area contributed by atoms with E-state index in [0.29, 0.717) is 23.0 Å². The van der Waals surface area contributed by atoms with Gasteiger partial charge in [0, 0.05) is 23.6 Å². The van der Waals surface area contributed by atoms with E-state index in [1.165, 1.54) is 33.4 Å². The number of carbonyl (C=O) groups excluding carboxylic acids is 2. The summed E-state index contributed by atoms with van der Waals surface area (Å²) >= 11 is 0. The number of aliphatic imine (C=N–C) groups is 2. The SMILES string of the molecule is O=C(CN=Cc1cccc(C=NCC(=O)c2ccc(CC3Cc4ccccc4C3)cc2)c1)c1ccc(CC2Cc3ccccc3C2)cc1. The summed E-state index contributed by atoms with van der Waals surface area (Å²) in [4.78, 5) is 34.4. The van der Waals surface area contributed by atoms with Gasteiger partial charge in [-0.25, -0.2) is 0 Å². The van der Waals surface area contributed by atoms with E-state index >= 15 is 0 Å². The quantitative estimate of drug-likeness (QED) is 0.103. The summed E-state index contributed by atoms with van der Waals surface area (Å²) in [6.45, 7) is 0.189. The molecule has 0 aliphatic heterocycles. The van der Waals surface area contributed by atoms with Crippen LogP contribution in [0.4, 0.5) is 0 Å². The van der Waals surface area contributed by atoms with Crippen LogP contribution in [0, 0.1) is 11.8 Å². The Morgan fingerprint density at radius 1 is 0.500 bits per heavy atom. The third-order valence-corrected chi connectivity index (χ3v) is 9.73. The second kappa shape index (κ2) is 14.7. The molecule has 4 nitrogen and oxygen atoms in total. The number of nitrogens with zero attached hydrogens (tertiary/aromatic N) is 2. The summed E-state index contributed by atoms with van der Waals surface area (Å²) in [5, 5.41) is 0. The van der Waals surface area contributed by atoms with Crippen molar-refractivity contribution in [2.75, 3.05) is 13.1 Å². The van der Waals surface area contributed by atoms with Gasteiger partial charge < -0.3 is 0 Å². The summed E-state index contributed by atoms with van der Waals surface area (Å²) in [6.07, 6.45) is 10.0. The van der Waals surface area contributed by atoms with E-state index in [0.717, 1.165) is 49.7 Å². The number of hydrogen-bond acceptors (Lipinski definition) is 4. The van der Waals surface area contributed by atoms with Crippen LogP contribution in [0.25, 0.3) is 0 Å². The molecule has 0 bridgehead atoms. The van der Waals surface area contributed by atoms with Crippen molar-refractivity contribution in [3.63, 3.8) is 0 Å². The standard InChI is InChI=1S/C44H40N2O2/c47-43(37-16-12-31(13-17-37)20-35-23-39-8-1-2-9-40(39)24-35)29-45-27-33-6-5-7-34(22-33)28-46-30-44(48)38-18-14-32(15-19-38)21-36-25-41-10-3-4-11-42(41)26-36/h1-19,22,27-28,35-36H,20-21,23-26,29-30H2. The van der Waals surface area contributed by atoms with Gasteiger partial charge in [0.2, 0.25) is 0 Å². The minimum atomic E-state index is -0.000518. The Morgan fingerprint density at radius 2 is 0.875 bits per heavy atom. The molecule has 0 saturated carbocycles. The van der Waals surface area contributed by atoms with Gasteiger partial charge in [-0.15, -0.1) is 0 Å². The van der Waals surface area contributed by atoms with Gasteiger partial charge in [-0.1, -0.05) is 115 Å². The van der Waals surface area contributed by atoms with Crippen molar-refractivity contribution in [3.05, 3.63) is 177 Å². The number of benzene rings is 5. The molecule has 0 amide bonds. The first-order chi connectivity index (χ1) is 23.6. The van der Waals surface area contributed by atoms with Gasteiger partial charge in [0.05, 0.1) is 0 Å². The minimum absolute atomic E-state index is 0.000518. The predicted octanol–water partition coefficient (Wildman–Crippen LogP) is 8.21. The van der Waals surface area contributed by atoms with Gasteiger partial charge in [0.25, 0.3) is 0 Å². The van der Waals surface area contributed by atoms with Gasteiger partial charge in [-0.3, -0.25) is 19.6 Å². The Kier molecular flexibility index (Phi) is 9.60. The summed E-state index contributed by atoms with van der Waals surface area (Å²) in [7, 11) is 0. The summed E-state index contributed by atoms with van der Waals surface area (Å²) < 4.78 is 0. The number of fused-ring (bicyclic) bond motifs is 2. The van der Waals surface area contributed by atoms with Crippen LogP contribution < -0.4 is 0 Å². The van der Waals surface area contributed by atoms with Crippen molar-refractivity contribution < 1.29 is 9.59 Å². The number of ketones is 2. The lowest BCUT2D eigenvalue weighted by atomic mass is 9.95. The van der Waals surface area contributed by atoms with Crippen molar-refractivity contribution >= 4 is 24.0 Å². The number of rotatable bonds is 12. The third-order valence-electron chi connectivity index (χ3n) is 9.73. The molecule has 0 aromatic heterocycles. The second-order valence-electron chi connectivity index (χ2n) is 13.3. The predicted molar refractivity (Wildman–Crippen MR) is 195 cm³/mol. The van der Waals surface area contributed by atoms with Gasteiger partial charge in [0.1, 0.15) is 13.1 Å². The molecule has 0 fully saturated rings. The zero-order chi connectivity index (χ0) is 32.7. The van der Waals surface area contributed by atoms with E-state index in [2.05, 4.69) is 82.8 Å². The molecule has 48 heavy (non-hydrogen) atoms. The smallest absolute Gasteiger partial charge is 0.184 e. The third kappa shape index (κ3) is 7.83. The van der Waals surface area contributed by atoms with Gasteiger partial charge >= 0.3 is 0 Å². The topological polar surface area (TPSA) is 58.9 Å². The molecule has 2 aliphatic rings. The van der Waals surface area contributed by atoms with Gasteiger partial charge in [0.15, 0.2) is 11.6 Å². The molecule has 5 aromatic carbocycles. The molecule has 0 atom stereocenters. The Morgan fingerprint density at radius 3 is 1.25 bits per heavy atom. The first-order valence-electron chi connectivity index (χ1n) is 17.0. The van der Waals surface area contributed by atoms with Crippen molar-refractivity contribution in [2.45, 2.75) is 38.5 Å². The normalized spacial score (nSPS) is 14.5. The molecule has 0 unspecified atom stereocenters. The molecule has 4 heteroatoms. The van der Waals surface area contributed by atoms with Crippen LogP contribution >= 0.6 is 0 Å². The highest BCUT2D eigenvalue weighted by Crippen LogP contribution is 2.30. The molecule has 7 rings (SSSR count). The molecule has 238 valence electrons. The number of carbonyl (C=O) groups is 2. The maximum Gasteiger partial charge on any atom is 0.184 e. The van der Waals surface area contributed by atoms with Crippen LogP contribution in [0.15, 0.2) is 131 Å². The monoisotopic (exact) mass is 628 g/mol. The largest absolute Gasteiger partial charge is 0.292 e. The lowest BCUT2D eigenvalue weighted by Crippen LogP contribution is -2.06. The summed E-state index contributed by atoms with van der Waals surface area (Å²) in [5.74, 6) is 1.25. The maximum atomic E-state index is 12.8. The fourth-order valence-electron chi connectivity index (χ4n) is 7.28. The van der Waals surface area contributed by atoms with Gasteiger partial charge in [-0.05, 0) is 101 Å². The molecule has 0 spiro atoms. The summed E-state index contributed by atoms with van der Waals surface area (Å²) in [5.41, 5.74) is 11.6. The van der Waals surface area contributed by atoms with E-state index in [9.17, 15) is 9.59 Å². The highest BCUT2D eigenvalue weighted by Gasteiger charge is 2.22. The fraction of sp³-hybridized carbons (Fsp3) is 0.227. The Balaban J connectivity index is 0.858. The van der Waals surface area contributed by atoms with Crippen LogP contribution in [-0.2, 0) is 38.5 Å². The van der Waals surface area contributed by atoms with Crippen LogP contribution in [0.5, 0.6) is 0 Å². The van der Waals surface area contributed by atoms with Crippen LogP contribution in [0.3, 0.4) is 0 Å². The second-order valence-corrected chi connectivity index (χ2v) is 13.3. The van der Waals surface area contributed by atoms with Gasteiger partial charge in [-0.2, -0.15) is 0 Å². The van der Waals surface area contributed by atoms with E-state index in [4.69, 9.17) is 0 Å². The minimum Gasteiger partial charge on any atom is -0.292 e. The Bertz CT molecular complexity index is 1780. The van der Waals surface area contributed by atoms with Crippen LogP contribution in [-0.4, -0.2) is 37.1 Å². The van der Waals surface area contributed by atoms with E-state index in [-0.39, 0.29) is 24.7 Å². The first-order valence-corrected chi connectivity index (χ1v) is 17.0. The van der Waals surface area contributed by atoms with Crippen molar-refractivity contribution in [3.8, 4) is 0 Å². The summed E-state index contributed by atoms with van der Waals surface area (Å²) in [6, 6.07) is 41.2. The molecule has 0 saturated heterocycles. The molecular weight excluding hydrogens is 588 g/mol. The Hall–Kier alpha value is -5.22. The lowest BCUT2D eigenvalue weighted by Gasteiger charge is -2.09. The molecule has 0 heterocycles. The average Bonchev–Trinajstić information content (AvgIpc) is 3.72. The van der Waals surface area contributed by atoms with E-state index < -0.39 is 0 Å². The maximum absolute atomic E-state index is 12.8. The van der Waals surface area contributed by atoms with Crippen LogP contribution in [0.2, 0.25) is 0 Å². The fourth-order valence-corrected chi connectivity index (χ4v) is 7.28. The first kappa shape index (κ1) is 31.4. The molecular formula is C44H40N2O2. The zero-order valence-electron chi connectivity index (χ0n) is 27.2. The number of Topliss-reactive ketones (excluding diaryl/α,β-unsaturated/α-hetero) is 2. The highest BCUT2D eigenvalue weighted by molar-refractivity contribution is 5.99. The average molecular weight is 629 g/mol. The van der Waals surface area contributed by atoms with Crippen LogP contribution in [0.1, 0.15) is 65.2 Å². The van der Waals surface area contributed by atoms with Crippen molar-refractivity contribution in [2.24, 2.45) is 21.8 Å². The zero-order valence-corrected chi connectivity index (χ0v) is 27.2. The number of hydrogen-bond donors (Lipinski definition) is 0. The molecule has 0 radical (unpaired) electrons. The highest BCUT2D eigenvalue weighted by atomic mass is 16.1. The van der Waals surface area contributed by atoms with E-state index in [1.807, 2.05) is 48.5 Å². The van der Waals surface area contributed by atoms with E-state index in [1.54, 1.807) is 12.4 Å². The van der Waals surface area contributed by atoms with Crippen molar-refractivity contribution in [1.29, 1.82) is 0 Å². The van der Waals surface area contributed by atoms with Crippen molar-refractivity contribution in [1.82, 2.24) is 0 Å². The lowest BCUT2D eigenvalue weighted by molar-refractivity contribution is 0.0994. The Labute approximate surface area is 283 Å². The molecule has 5 aromatic rings. The molecule has 2 aliphatic carbocycles. The molecule has 0 N–H and O–H groups in total.